The Balaban J connectivity index is 1.37. The largest absolute Gasteiger partial charge is 0.497 e. The Morgan fingerprint density at radius 2 is 1.62 bits per heavy atom. The van der Waals surface area contributed by atoms with Crippen LogP contribution in [-0.4, -0.2) is 41.8 Å². The maximum absolute atomic E-state index is 13.0. The number of methoxy groups -OCH3 is 1. The van der Waals surface area contributed by atoms with Gasteiger partial charge in [0.15, 0.2) is 0 Å². The lowest BCUT2D eigenvalue weighted by Gasteiger charge is -2.34. The highest BCUT2D eigenvalue weighted by molar-refractivity contribution is 5.82. The van der Waals surface area contributed by atoms with Crippen molar-refractivity contribution in [3.05, 3.63) is 89.0 Å². The first kappa shape index (κ1) is 20.1. The molecule has 1 amide bonds. The zero-order valence-electron chi connectivity index (χ0n) is 17.7. The maximum atomic E-state index is 13.0. The first-order valence-electron chi connectivity index (χ1n) is 10.6. The highest BCUT2D eigenvalue weighted by atomic mass is 16.6. The number of aliphatic carboxylic acids is 1. The molecule has 0 aromatic heterocycles. The number of hydrogen-bond donors (Lipinski definition) is 1. The van der Waals surface area contributed by atoms with Crippen molar-refractivity contribution < 1.29 is 24.2 Å². The maximum Gasteiger partial charge on any atom is 0.410 e. The van der Waals surface area contributed by atoms with Gasteiger partial charge < -0.3 is 14.6 Å². The van der Waals surface area contributed by atoms with E-state index in [1.807, 2.05) is 42.5 Å². The second kappa shape index (κ2) is 8.04. The van der Waals surface area contributed by atoms with Crippen molar-refractivity contribution in [2.45, 2.75) is 24.9 Å². The van der Waals surface area contributed by atoms with Crippen LogP contribution in [0.1, 0.15) is 28.2 Å². The number of benzene rings is 3. The normalized spacial score (nSPS) is 16.7. The van der Waals surface area contributed by atoms with Crippen LogP contribution in [0.15, 0.2) is 66.7 Å². The van der Waals surface area contributed by atoms with Gasteiger partial charge in [-0.05, 0) is 45.5 Å². The molecule has 1 atom stereocenters. The molecule has 1 aliphatic carbocycles. The van der Waals surface area contributed by atoms with Crippen molar-refractivity contribution >= 4 is 12.1 Å². The molecule has 0 unspecified atom stereocenters. The minimum absolute atomic E-state index is 0.0732. The van der Waals surface area contributed by atoms with Gasteiger partial charge in [-0.25, -0.2) is 9.59 Å². The molecule has 2 aliphatic rings. The van der Waals surface area contributed by atoms with Gasteiger partial charge in [-0.15, -0.1) is 0 Å². The summed E-state index contributed by atoms with van der Waals surface area (Å²) < 4.78 is 11.0. The van der Waals surface area contributed by atoms with E-state index in [2.05, 4.69) is 24.3 Å². The Morgan fingerprint density at radius 1 is 0.969 bits per heavy atom. The van der Waals surface area contributed by atoms with E-state index in [4.69, 9.17) is 9.47 Å². The summed E-state index contributed by atoms with van der Waals surface area (Å²) in [5.41, 5.74) is 6.30. The first-order valence-corrected chi connectivity index (χ1v) is 10.6. The van der Waals surface area contributed by atoms with Crippen molar-refractivity contribution in [2.24, 2.45) is 0 Å². The SMILES string of the molecule is COc1ccc2c(c1)C[C@H](C(=O)O)N(C(=O)OCC1c3ccccc3-c3ccccc31)C2. The molecule has 0 radical (unpaired) electrons. The molecule has 0 spiro atoms. The Bertz CT molecular complexity index is 1160. The lowest BCUT2D eigenvalue weighted by atomic mass is 9.94. The minimum atomic E-state index is -1.05. The quantitative estimate of drug-likeness (QED) is 0.663. The molecular formula is C26H23NO5. The van der Waals surface area contributed by atoms with E-state index in [1.165, 1.54) is 4.90 Å². The molecule has 0 saturated heterocycles. The van der Waals surface area contributed by atoms with Crippen molar-refractivity contribution in [3.63, 3.8) is 0 Å². The number of carbonyl (C=O) groups excluding carboxylic acids is 1. The summed E-state index contributed by atoms with van der Waals surface area (Å²) in [6, 6.07) is 20.8. The van der Waals surface area contributed by atoms with Crippen molar-refractivity contribution in [2.75, 3.05) is 13.7 Å². The smallest absolute Gasteiger partial charge is 0.410 e. The predicted octanol–water partition coefficient (Wildman–Crippen LogP) is 4.46. The van der Waals surface area contributed by atoms with E-state index >= 15 is 0 Å². The third-order valence-corrected chi connectivity index (χ3v) is 6.40. The van der Waals surface area contributed by atoms with Crippen LogP contribution in [-0.2, 0) is 22.5 Å². The number of ether oxygens (including phenoxy) is 2. The monoisotopic (exact) mass is 429 g/mol. The molecule has 0 fully saturated rings. The van der Waals surface area contributed by atoms with E-state index in [0.29, 0.717) is 5.75 Å². The number of nitrogens with zero attached hydrogens (tertiary/aromatic N) is 1. The second-order valence-electron chi connectivity index (χ2n) is 8.12. The number of carbonyl (C=O) groups is 2. The van der Waals surface area contributed by atoms with Crippen LogP contribution >= 0.6 is 0 Å². The molecule has 3 aromatic carbocycles. The average molecular weight is 429 g/mol. The molecule has 6 heteroatoms. The van der Waals surface area contributed by atoms with Crippen LogP contribution in [0.3, 0.4) is 0 Å². The molecular weight excluding hydrogens is 406 g/mol. The van der Waals surface area contributed by atoms with Crippen molar-refractivity contribution in [3.8, 4) is 16.9 Å². The number of amides is 1. The summed E-state index contributed by atoms with van der Waals surface area (Å²) in [7, 11) is 1.57. The molecule has 32 heavy (non-hydrogen) atoms. The van der Waals surface area contributed by atoms with Crippen LogP contribution in [0.4, 0.5) is 4.79 Å². The third-order valence-electron chi connectivity index (χ3n) is 6.40. The number of rotatable bonds is 4. The van der Waals surface area contributed by atoms with Crippen molar-refractivity contribution in [1.82, 2.24) is 4.90 Å². The van der Waals surface area contributed by atoms with Crippen LogP contribution in [0.2, 0.25) is 0 Å². The van der Waals surface area contributed by atoms with Gasteiger partial charge in [-0.3, -0.25) is 4.90 Å². The van der Waals surface area contributed by atoms with Crippen LogP contribution in [0.5, 0.6) is 5.75 Å². The van der Waals surface area contributed by atoms with Gasteiger partial charge in [0.25, 0.3) is 0 Å². The van der Waals surface area contributed by atoms with Gasteiger partial charge in [0.2, 0.25) is 0 Å². The van der Waals surface area contributed by atoms with E-state index in [0.717, 1.165) is 33.4 Å². The van der Waals surface area contributed by atoms with Gasteiger partial charge in [-0.2, -0.15) is 0 Å². The third kappa shape index (κ3) is 3.38. The van der Waals surface area contributed by atoms with Crippen LogP contribution in [0, 0.1) is 0 Å². The summed E-state index contributed by atoms with van der Waals surface area (Å²) in [4.78, 5) is 26.3. The van der Waals surface area contributed by atoms with E-state index in [9.17, 15) is 14.7 Å². The summed E-state index contributed by atoms with van der Waals surface area (Å²) in [6.45, 7) is 0.345. The summed E-state index contributed by atoms with van der Waals surface area (Å²) in [6.07, 6.45) is -0.396. The summed E-state index contributed by atoms with van der Waals surface area (Å²) in [5, 5.41) is 9.77. The Labute approximate surface area is 186 Å². The average Bonchev–Trinajstić information content (AvgIpc) is 3.15. The van der Waals surface area contributed by atoms with Gasteiger partial charge in [0, 0.05) is 12.3 Å². The molecule has 0 bridgehead atoms. The van der Waals surface area contributed by atoms with Crippen LogP contribution in [0.25, 0.3) is 11.1 Å². The number of carboxylic acid groups (broad SMARTS) is 1. The number of carboxylic acids is 1. The van der Waals surface area contributed by atoms with Gasteiger partial charge in [0.05, 0.1) is 13.7 Å². The topological polar surface area (TPSA) is 76.1 Å². The predicted molar refractivity (Wildman–Crippen MR) is 119 cm³/mol. The Hall–Kier alpha value is -3.80. The lowest BCUT2D eigenvalue weighted by molar-refractivity contribution is -0.143. The molecule has 162 valence electrons. The zero-order valence-corrected chi connectivity index (χ0v) is 17.7. The zero-order chi connectivity index (χ0) is 22.2. The molecule has 5 rings (SSSR count). The van der Waals surface area contributed by atoms with Gasteiger partial charge in [-0.1, -0.05) is 54.6 Å². The highest BCUT2D eigenvalue weighted by Crippen LogP contribution is 2.44. The molecule has 1 N–H and O–H groups in total. The van der Waals surface area contributed by atoms with Gasteiger partial charge >= 0.3 is 12.1 Å². The Morgan fingerprint density at radius 3 is 2.25 bits per heavy atom. The summed E-state index contributed by atoms with van der Waals surface area (Å²) in [5.74, 6) is -0.453. The van der Waals surface area contributed by atoms with E-state index in [-0.39, 0.29) is 25.5 Å². The Kier molecular flexibility index (Phi) is 5.05. The summed E-state index contributed by atoms with van der Waals surface area (Å²) >= 11 is 0. The fraction of sp³-hybridized carbons (Fsp3) is 0.231. The minimum Gasteiger partial charge on any atom is -0.497 e. The van der Waals surface area contributed by atoms with Crippen molar-refractivity contribution in [1.29, 1.82) is 0 Å². The second-order valence-corrected chi connectivity index (χ2v) is 8.12. The fourth-order valence-electron chi connectivity index (χ4n) is 4.78. The molecule has 1 aliphatic heterocycles. The standard InChI is InChI=1S/C26H23NO5/c1-31-18-11-10-16-14-27(24(25(28)29)13-17(16)12-18)26(30)32-15-23-21-8-4-2-6-19(21)20-7-3-5-9-22(20)23/h2-12,23-24H,13-15H2,1H3,(H,28,29)/t24-/m1/s1. The lowest BCUT2D eigenvalue weighted by Crippen LogP contribution is -2.49. The van der Waals surface area contributed by atoms with E-state index in [1.54, 1.807) is 7.11 Å². The first-order chi connectivity index (χ1) is 15.6. The number of fused-ring (bicyclic) bond motifs is 4. The fourth-order valence-corrected chi connectivity index (χ4v) is 4.78. The van der Waals surface area contributed by atoms with Crippen LogP contribution < -0.4 is 4.74 Å². The molecule has 0 saturated carbocycles. The van der Waals surface area contributed by atoms with Gasteiger partial charge in [0.1, 0.15) is 18.4 Å². The highest BCUT2D eigenvalue weighted by Gasteiger charge is 2.37. The van der Waals surface area contributed by atoms with E-state index < -0.39 is 18.1 Å². The molecule has 3 aromatic rings. The molecule has 1 heterocycles. The number of hydrogen-bond acceptors (Lipinski definition) is 4. The molecule has 6 nitrogen and oxygen atoms in total.